The lowest BCUT2D eigenvalue weighted by Gasteiger charge is -2.06. The third-order valence-corrected chi connectivity index (χ3v) is 5.68. The van der Waals surface area contributed by atoms with Crippen LogP contribution in [0.2, 0.25) is 0 Å². The van der Waals surface area contributed by atoms with Crippen LogP contribution < -0.4 is 4.74 Å². The van der Waals surface area contributed by atoms with Crippen molar-refractivity contribution < 1.29 is 4.74 Å². The van der Waals surface area contributed by atoms with E-state index in [0.717, 1.165) is 18.8 Å². The van der Waals surface area contributed by atoms with E-state index < -0.39 is 0 Å². The highest BCUT2D eigenvalue weighted by Gasteiger charge is 1.98. The number of nitrogens with zero attached hydrogens (tertiary/aromatic N) is 1. The molecule has 0 N–H and O–H groups in total. The molecule has 2 aromatic carbocycles. The Bertz CT molecular complexity index is 704. The van der Waals surface area contributed by atoms with Gasteiger partial charge in [0.15, 0.2) is 0 Å². The van der Waals surface area contributed by atoms with E-state index in [2.05, 4.69) is 36.4 Å². The van der Waals surface area contributed by atoms with E-state index in [4.69, 9.17) is 10.00 Å². The summed E-state index contributed by atoms with van der Waals surface area (Å²) in [6.07, 6.45) is 18.8. The smallest absolute Gasteiger partial charge is 0.120 e. The Morgan fingerprint density at radius 1 is 0.600 bits per heavy atom. The van der Waals surface area contributed by atoms with E-state index in [9.17, 15) is 0 Å². The van der Waals surface area contributed by atoms with Gasteiger partial charge >= 0.3 is 0 Å². The Morgan fingerprint density at radius 3 is 1.77 bits per heavy atom. The van der Waals surface area contributed by atoms with Gasteiger partial charge in [0.05, 0.1) is 18.2 Å². The molecule has 0 saturated heterocycles. The molecule has 0 heterocycles. The average molecular weight is 406 g/mol. The number of aryl methyl sites for hydroxylation is 1. The van der Waals surface area contributed by atoms with Crippen molar-refractivity contribution in [1.29, 1.82) is 5.26 Å². The first-order valence-electron chi connectivity index (χ1n) is 12.1. The monoisotopic (exact) mass is 405 g/mol. The van der Waals surface area contributed by atoms with Crippen LogP contribution in [0.1, 0.15) is 94.6 Å². The van der Waals surface area contributed by atoms with Crippen molar-refractivity contribution in [1.82, 2.24) is 0 Å². The molecule has 0 aliphatic heterocycles. The second-order valence-corrected chi connectivity index (χ2v) is 8.32. The molecular formula is C28H39NO. The molecule has 0 fully saturated rings. The maximum atomic E-state index is 8.90. The molecule has 0 spiro atoms. The van der Waals surface area contributed by atoms with Crippen molar-refractivity contribution >= 4 is 0 Å². The first-order chi connectivity index (χ1) is 14.9. The highest BCUT2D eigenvalue weighted by molar-refractivity contribution is 5.36. The van der Waals surface area contributed by atoms with E-state index in [0.29, 0.717) is 5.56 Å². The number of hydrogen-bond acceptors (Lipinski definition) is 2. The number of nitriles is 1. The van der Waals surface area contributed by atoms with Crippen LogP contribution in [0, 0.1) is 11.3 Å². The van der Waals surface area contributed by atoms with Gasteiger partial charge in [-0.15, -0.1) is 0 Å². The minimum absolute atomic E-state index is 0.663. The summed E-state index contributed by atoms with van der Waals surface area (Å²) in [6.45, 7) is 0.750. The molecule has 0 aliphatic rings. The summed E-state index contributed by atoms with van der Waals surface area (Å²) in [5.74, 6) is 0.810. The second-order valence-electron chi connectivity index (χ2n) is 8.32. The summed E-state index contributed by atoms with van der Waals surface area (Å²) >= 11 is 0. The van der Waals surface area contributed by atoms with Crippen LogP contribution >= 0.6 is 0 Å². The first-order valence-corrected chi connectivity index (χ1v) is 12.1. The summed E-state index contributed by atoms with van der Waals surface area (Å²) in [5.41, 5.74) is 2.14. The number of ether oxygens (including phenoxy) is 1. The van der Waals surface area contributed by atoms with Gasteiger partial charge in [-0.2, -0.15) is 5.26 Å². The fourth-order valence-corrected chi connectivity index (χ4v) is 3.87. The quantitative estimate of drug-likeness (QED) is 0.248. The van der Waals surface area contributed by atoms with Gasteiger partial charge in [-0.3, -0.25) is 0 Å². The number of rotatable bonds is 17. The number of hydrogen-bond donors (Lipinski definition) is 0. The molecular weight excluding hydrogens is 366 g/mol. The molecule has 0 atom stereocenters. The Kier molecular flexibility index (Phi) is 13.2. The normalized spacial score (nSPS) is 10.6. The second kappa shape index (κ2) is 16.5. The van der Waals surface area contributed by atoms with Crippen molar-refractivity contribution in [3.05, 3.63) is 65.7 Å². The molecule has 30 heavy (non-hydrogen) atoms. The van der Waals surface area contributed by atoms with Crippen LogP contribution in [0.3, 0.4) is 0 Å². The standard InChI is InChI=1S/C28H39NO/c29-25-27-21-17-22-28(24-27)30-23-16-11-9-7-5-3-1-2-4-6-8-10-13-18-26-19-14-12-15-20-26/h12,14-15,17,19-22,24H,1-11,13,16,18,23H2. The first kappa shape index (κ1) is 24.0. The summed E-state index contributed by atoms with van der Waals surface area (Å²) < 4.78 is 5.73. The number of benzene rings is 2. The molecule has 2 aromatic rings. The van der Waals surface area contributed by atoms with E-state index in [1.54, 1.807) is 6.07 Å². The Labute approximate surface area is 184 Å². The van der Waals surface area contributed by atoms with Gasteiger partial charge in [0.2, 0.25) is 0 Å². The molecule has 162 valence electrons. The lowest BCUT2D eigenvalue weighted by Crippen LogP contribution is -1.97. The summed E-state index contributed by atoms with van der Waals surface area (Å²) in [7, 11) is 0. The molecule has 2 rings (SSSR count). The topological polar surface area (TPSA) is 33.0 Å². The summed E-state index contributed by atoms with van der Waals surface area (Å²) in [6, 6.07) is 20.4. The maximum Gasteiger partial charge on any atom is 0.120 e. The van der Waals surface area contributed by atoms with Crippen LogP contribution in [0.15, 0.2) is 54.6 Å². The van der Waals surface area contributed by atoms with Crippen LogP contribution in [0.25, 0.3) is 0 Å². The van der Waals surface area contributed by atoms with Crippen LogP contribution in [0.4, 0.5) is 0 Å². The average Bonchev–Trinajstić information content (AvgIpc) is 2.79. The fraction of sp³-hybridized carbons (Fsp3) is 0.536. The molecule has 0 radical (unpaired) electrons. The Balaban J connectivity index is 1.28. The van der Waals surface area contributed by atoms with Crippen molar-refractivity contribution in [2.45, 2.75) is 89.9 Å². The van der Waals surface area contributed by atoms with E-state index >= 15 is 0 Å². The van der Waals surface area contributed by atoms with Crippen LogP contribution in [-0.4, -0.2) is 6.61 Å². The van der Waals surface area contributed by atoms with E-state index in [-0.39, 0.29) is 0 Å². The lowest BCUT2D eigenvalue weighted by atomic mass is 10.0. The molecule has 2 nitrogen and oxygen atoms in total. The van der Waals surface area contributed by atoms with Crippen molar-refractivity contribution in [3.63, 3.8) is 0 Å². The van der Waals surface area contributed by atoms with Gasteiger partial charge in [-0.25, -0.2) is 0 Å². The molecule has 0 saturated carbocycles. The zero-order valence-electron chi connectivity index (χ0n) is 18.7. The molecule has 0 bridgehead atoms. The minimum atomic E-state index is 0.663. The minimum Gasteiger partial charge on any atom is -0.494 e. The van der Waals surface area contributed by atoms with Crippen LogP contribution in [-0.2, 0) is 6.42 Å². The molecule has 0 aromatic heterocycles. The molecule has 0 unspecified atom stereocenters. The van der Waals surface area contributed by atoms with Crippen molar-refractivity contribution in [2.75, 3.05) is 6.61 Å². The molecule has 0 amide bonds. The van der Waals surface area contributed by atoms with E-state index in [1.165, 1.54) is 89.0 Å². The Morgan fingerprint density at radius 2 is 1.17 bits per heavy atom. The zero-order chi connectivity index (χ0) is 21.1. The third-order valence-electron chi connectivity index (χ3n) is 5.68. The van der Waals surface area contributed by atoms with Gasteiger partial charge in [-0.1, -0.05) is 107 Å². The molecule has 0 aliphatic carbocycles. The van der Waals surface area contributed by atoms with Gasteiger partial charge < -0.3 is 4.74 Å². The maximum absolute atomic E-state index is 8.90. The SMILES string of the molecule is N#Cc1cccc(OCCCCCCCCCCCCCCCc2ccccc2)c1. The largest absolute Gasteiger partial charge is 0.494 e. The van der Waals surface area contributed by atoms with Crippen molar-refractivity contribution in [2.24, 2.45) is 0 Å². The predicted molar refractivity (Wildman–Crippen MR) is 127 cm³/mol. The van der Waals surface area contributed by atoms with Gasteiger partial charge in [-0.05, 0) is 43.0 Å². The Hall–Kier alpha value is -2.27. The van der Waals surface area contributed by atoms with Gasteiger partial charge in [0.25, 0.3) is 0 Å². The zero-order valence-corrected chi connectivity index (χ0v) is 18.7. The van der Waals surface area contributed by atoms with Crippen LogP contribution in [0.5, 0.6) is 5.75 Å². The lowest BCUT2D eigenvalue weighted by molar-refractivity contribution is 0.304. The number of unbranched alkanes of at least 4 members (excludes halogenated alkanes) is 12. The fourth-order valence-electron chi connectivity index (χ4n) is 3.87. The summed E-state index contributed by atoms with van der Waals surface area (Å²) in [5, 5.41) is 8.90. The van der Waals surface area contributed by atoms with Gasteiger partial charge in [0.1, 0.15) is 5.75 Å². The third kappa shape index (κ3) is 11.7. The molecule has 2 heteroatoms. The predicted octanol–water partition coefficient (Wildman–Crippen LogP) is 8.25. The summed E-state index contributed by atoms with van der Waals surface area (Å²) in [4.78, 5) is 0. The van der Waals surface area contributed by atoms with Crippen molar-refractivity contribution in [3.8, 4) is 11.8 Å². The highest BCUT2D eigenvalue weighted by Crippen LogP contribution is 2.15. The van der Waals surface area contributed by atoms with Gasteiger partial charge in [0, 0.05) is 0 Å². The van der Waals surface area contributed by atoms with E-state index in [1.807, 2.05) is 18.2 Å². The highest BCUT2D eigenvalue weighted by atomic mass is 16.5.